The van der Waals surface area contributed by atoms with Crippen molar-refractivity contribution < 1.29 is 13.7 Å². The fourth-order valence-electron chi connectivity index (χ4n) is 3.53. The molecule has 1 aliphatic heterocycles. The number of nitrogens with zero attached hydrogens (tertiary/aromatic N) is 3. The molecule has 1 aliphatic rings. The Morgan fingerprint density at radius 3 is 2.35 bits per heavy atom. The normalized spacial score (nSPS) is 17.4. The highest BCUT2D eigenvalue weighted by Crippen LogP contribution is 2.36. The Hall–Kier alpha value is -3.23. The summed E-state index contributed by atoms with van der Waals surface area (Å²) < 4.78 is 19.3. The number of hydrogen-bond acceptors (Lipinski definition) is 6. The molecule has 31 heavy (non-hydrogen) atoms. The number of benzene rings is 2. The van der Waals surface area contributed by atoms with Crippen molar-refractivity contribution in [1.82, 2.24) is 15.0 Å². The molecule has 156 valence electrons. The predicted octanol–water partition coefficient (Wildman–Crippen LogP) is 3.34. The van der Waals surface area contributed by atoms with Gasteiger partial charge in [0, 0.05) is 10.9 Å². The molecule has 2 aromatic carbocycles. The first kappa shape index (κ1) is 19.7. The van der Waals surface area contributed by atoms with Gasteiger partial charge in [-0.3, -0.25) is 0 Å². The van der Waals surface area contributed by atoms with Crippen LogP contribution in [0.2, 0.25) is 0 Å². The minimum Gasteiger partial charge on any atom is -0.421 e. The second kappa shape index (κ2) is 6.90. The van der Waals surface area contributed by atoms with E-state index < -0.39 is 23.9 Å². The van der Waals surface area contributed by atoms with Gasteiger partial charge in [0.1, 0.15) is 11.3 Å². The number of hydrogen-bond donors (Lipinski definition) is 0. The molecule has 0 aliphatic carbocycles. The molecule has 0 bridgehead atoms. The van der Waals surface area contributed by atoms with Crippen molar-refractivity contribution in [2.24, 2.45) is 0 Å². The van der Waals surface area contributed by atoms with E-state index in [-0.39, 0.29) is 0 Å². The Morgan fingerprint density at radius 2 is 1.65 bits per heavy atom. The molecule has 0 amide bonds. The second-order valence-corrected chi connectivity index (χ2v) is 8.72. The fraction of sp³-hybridized carbons (Fsp3) is 0.261. The van der Waals surface area contributed by atoms with Crippen LogP contribution in [-0.4, -0.2) is 33.3 Å². The van der Waals surface area contributed by atoms with E-state index in [1.165, 1.54) is 4.68 Å². The quantitative estimate of drug-likeness (QED) is 0.377. The molecule has 0 atom stereocenters. The fourth-order valence-corrected chi connectivity index (χ4v) is 3.53. The van der Waals surface area contributed by atoms with Crippen LogP contribution in [0, 0.1) is 0 Å². The third-order valence-electron chi connectivity index (χ3n) is 6.08. The average molecular weight is 415 g/mol. The summed E-state index contributed by atoms with van der Waals surface area (Å²) in [5.74, 6) is 0. The Morgan fingerprint density at radius 1 is 0.935 bits per heavy atom. The molecule has 0 N–H and O–H groups in total. The molecule has 1 fully saturated rings. The van der Waals surface area contributed by atoms with Gasteiger partial charge < -0.3 is 13.7 Å². The Labute approximate surface area is 179 Å². The van der Waals surface area contributed by atoms with Crippen LogP contribution < -0.4 is 11.1 Å². The number of rotatable bonds is 3. The highest BCUT2D eigenvalue weighted by Gasteiger charge is 2.51. The zero-order chi connectivity index (χ0) is 21.8. The summed E-state index contributed by atoms with van der Waals surface area (Å²) in [5.41, 5.74) is 1.77. The van der Waals surface area contributed by atoms with E-state index in [1.54, 1.807) is 18.3 Å². The molecule has 1 saturated heterocycles. The largest absolute Gasteiger partial charge is 0.494 e. The van der Waals surface area contributed by atoms with Crippen molar-refractivity contribution in [2.45, 2.75) is 38.9 Å². The third-order valence-corrected chi connectivity index (χ3v) is 6.08. The molecule has 5 rings (SSSR count). The first-order valence-electron chi connectivity index (χ1n) is 10.2. The topological polar surface area (TPSA) is 79.4 Å². The summed E-state index contributed by atoms with van der Waals surface area (Å²) in [4.78, 5) is 12.7. The monoisotopic (exact) mass is 415 g/mol. The van der Waals surface area contributed by atoms with Crippen LogP contribution in [0.15, 0.2) is 70.0 Å². The van der Waals surface area contributed by atoms with Gasteiger partial charge in [-0.1, -0.05) is 47.7 Å². The van der Waals surface area contributed by atoms with E-state index in [9.17, 15) is 4.79 Å². The summed E-state index contributed by atoms with van der Waals surface area (Å²) in [6, 6.07) is 17.0. The van der Waals surface area contributed by atoms with E-state index >= 15 is 0 Å². The maximum absolute atomic E-state index is 12.7. The second-order valence-electron chi connectivity index (χ2n) is 8.72. The molecule has 4 aromatic rings. The summed E-state index contributed by atoms with van der Waals surface area (Å²) in [7, 11) is -0.525. The van der Waals surface area contributed by atoms with Gasteiger partial charge in [0.2, 0.25) is 0 Å². The van der Waals surface area contributed by atoms with Crippen LogP contribution in [0.25, 0.3) is 27.9 Å². The van der Waals surface area contributed by atoms with Crippen LogP contribution in [-0.2, 0) is 9.31 Å². The first-order valence-corrected chi connectivity index (χ1v) is 10.2. The smallest absolute Gasteiger partial charge is 0.421 e. The highest BCUT2D eigenvalue weighted by molar-refractivity contribution is 6.62. The molecule has 0 saturated carbocycles. The zero-order valence-electron chi connectivity index (χ0n) is 17.8. The number of aromatic nitrogens is 3. The van der Waals surface area contributed by atoms with Gasteiger partial charge in [0.25, 0.3) is 0 Å². The Kier molecular flexibility index (Phi) is 4.39. The Balaban J connectivity index is 1.50. The van der Waals surface area contributed by atoms with Crippen LogP contribution in [0.1, 0.15) is 27.7 Å². The minimum absolute atomic E-state index is 0.297. The molecule has 0 unspecified atom stereocenters. The predicted molar refractivity (Wildman–Crippen MR) is 119 cm³/mol. The molecular weight excluding hydrogens is 393 g/mol. The Bertz CT molecular complexity index is 1310. The molecule has 8 heteroatoms. The van der Waals surface area contributed by atoms with Crippen LogP contribution >= 0.6 is 0 Å². The lowest BCUT2D eigenvalue weighted by molar-refractivity contribution is 0.00578. The molecular formula is C23H22BN3O4. The van der Waals surface area contributed by atoms with E-state index in [2.05, 4.69) is 10.3 Å². The molecule has 2 aromatic heterocycles. The van der Waals surface area contributed by atoms with Crippen LogP contribution in [0.4, 0.5) is 0 Å². The minimum atomic E-state index is -0.525. The van der Waals surface area contributed by atoms with E-state index in [0.717, 1.165) is 16.4 Å². The molecule has 7 nitrogen and oxygen atoms in total. The maximum Gasteiger partial charge on any atom is 0.494 e. The lowest BCUT2D eigenvalue weighted by Crippen LogP contribution is -2.41. The van der Waals surface area contributed by atoms with Gasteiger partial charge >= 0.3 is 12.7 Å². The molecule has 3 heterocycles. The standard InChI is InChI=1S/C23H22BN3O4/c1-22(2)23(3,4)31-24(30-22)17-11-10-16-12-19(21(28)29-20(16)13-17)27-14-18(25-26-27)15-8-6-5-7-9-15/h5-14H,1-4H3. The lowest BCUT2D eigenvalue weighted by Gasteiger charge is -2.32. The highest BCUT2D eigenvalue weighted by atomic mass is 16.7. The SMILES string of the molecule is CC1(C)OB(c2ccc3cc(-n4cc(-c5ccccc5)nn4)c(=O)oc3c2)OC1(C)C. The van der Waals surface area contributed by atoms with E-state index in [0.29, 0.717) is 17.0 Å². The van der Waals surface area contributed by atoms with E-state index in [4.69, 9.17) is 13.7 Å². The average Bonchev–Trinajstić information content (AvgIpc) is 3.30. The summed E-state index contributed by atoms with van der Waals surface area (Å²) in [6.45, 7) is 8.01. The van der Waals surface area contributed by atoms with Crippen molar-refractivity contribution in [3.05, 3.63) is 71.2 Å². The van der Waals surface area contributed by atoms with Crippen LogP contribution in [0.5, 0.6) is 0 Å². The first-order chi connectivity index (χ1) is 14.7. The van der Waals surface area contributed by atoms with Crippen molar-refractivity contribution in [3.63, 3.8) is 0 Å². The van der Waals surface area contributed by atoms with Gasteiger partial charge in [-0.25, -0.2) is 9.48 Å². The van der Waals surface area contributed by atoms with Crippen molar-refractivity contribution in [1.29, 1.82) is 0 Å². The molecule has 0 spiro atoms. The lowest BCUT2D eigenvalue weighted by atomic mass is 9.79. The van der Waals surface area contributed by atoms with E-state index in [1.807, 2.05) is 70.2 Å². The van der Waals surface area contributed by atoms with Crippen molar-refractivity contribution in [2.75, 3.05) is 0 Å². The van der Waals surface area contributed by atoms with Gasteiger partial charge in [-0.15, -0.1) is 5.10 Å². The van der Waals surface area contributed by atoms with Gasteiger partial charge in [0.15, 0.2) is 5.69 Å². The summed E-state index contributed by atoms with van der Waals surface area (Å²) in [6.07, 6.45) is 1.71. The number of fused-ring (bicyclic) bond motifs is 1. The van der Waals surface area contributed by atoms with Gasteiger partial charge in [0.05, 0.1) is 17.4 Å². The zero-order valence-corrected chi connectivity index (χ0v) is 17.8. The summed E-state index contributed by atoms with van der Waals surface area (Å²) >= 11 is 0. The van der Waals surface area contributed by atoms with Crippen LogP contribution in [0.3, 0.4) is 0 Å². The van der Waals surface area contributed by atoms with Gasteiger partial charge in [-0.05, 0) is 45.3 Å². The van der Waals surface area contributed by atoms with Gasteiger partial charge in [-0.2, -0.15) is 0 Å². The molecule has 0 radical (unpaired) electrons. The van der Waals surface area contributed by atoms with Crippen molar-refractivity contribution >= 4 is 23.6 Å². The maximum atomic E-state index is 12.7. The summed E-state index contributed by atoms with van der Waals surface area (Å²) in [5, 5.41) is 9.06. The van der Waals surface area contributed by atoms with Crippen molar-refractivity contribution in [3.8, 4) is 16.9 Å². The third kappa shape index (κ3) is 3.38.